The largest absolute Gasteiger partial charge is 0.347 e. The zero-order valence-electron chi connectivity index (χ0n) is 14.7. The lowest BCUT2D eigenvalue weighted by Gasteiger charge is -2.22. The summed E-state index contributed by atoms with van der Waals surface area (Å²) >= 11 is 0. The van der Waals surface area contributed by atoms with E-state index in [1.165, 1.54) is 25.7 Å². The van der Waals surface area contributed by atoms with Crippen molar-refractivity contribution in [1.82, 2.24) is 10.6 Å². The van der Waals surface area contributed by atoms with Gasteiger partial charge in [-0.2, -0.15) is 0 Å². The summed E-state index contributed by atoms with van der Waals surface area (Å²) in [6, 6.07) is 0. The molecule has 0 aromatic carbocycles. The Kier molecular flexibility index (Phi) is 5.41. The molecule has 2 saturated heterocycles. The average molecular weight is 340 g/mol. The van der Waals surface area contributed by atoms with Gasteiger partial charge in [0.15, 0.2) is 11.6 Å². The summed E-state index contributed by atoms with van der Waals surface area (Å²) in [4.78, 5) is 0. The van der Waals surface area contributed by atoms with Crippen LogP contribution in [0.2, 0.25) is 0 Å². The summed E-state index contributed by atoms with van der Waals surface area (Å²) in [6.07, 6.45) is 9.61. The van der Waals surface area contributed by atoms with Gasteiger partial charge in [0.1, 0.15) is 0 Å². The summed E-state index contributed by atoms with van der Waals surface area (Å²) < 4.78 is 24.0. The fourth-order valence-electron chi connectivity index (χ4n) is 4.49. The molecule has 2 spiro atoms. The standard InChI is InChI=1S/C18H32N2O4/c1-2-6-17(5-1)21-13-15(23-17)11-19-9-10-20-12-16-14-22-18(24-16)7-3-4-8-18/h15-16,19-20H,1-14H2/t15-,16+. The molecule has 2 aliphatic carbocycles. The van der Waals surface area contributed by atoms with E-state index in [-0.39, 0.29) is 23.8 Å². The van der Waals surface area contributed by atoms with Gasteiger partial charge < -0.3 is 29.6 Å². The number of rotatable bonds is 7. The molecule has 0 radical (unpaired) electrons. The molecule has 2 saturated carbocycles. The average Bonchev–Trinajstić information content (AvgIpc) is 3.37. The van der Waals surface area contributed by atoms with Gasteiger partial charge in [0.05, 0.1) is 25.4 Å². The normalized spacial score (nSPS) is 34.0. The molecule has 2 atom stereocenters. The van der Waals surface area contributed by atoms with Crippen molar-refractivity contribution in [2.24, 2.45) is 0 Å². The molecule has 0 aromatic rings. The van der Waals surface area contributed by atoms with Gasteiger partial charge >= 0.3 is 0 Å². The van der Waals surface area contributed by atoms with Crippen LogP contribution in [0.5, 0.6) is 0 Å². The molecule has 4 fully saturated rings. The molecule has 0 bridgehead atoms. The predicted octanol–water partition coefficient (Wildman–Crippen LogP) is 1.54. The number of hydrogen-bond acceptors (Lipinski definition) is 6. The molecule has 2 aliphatic heterocycles. The van der Waals surface area contributed by atoms with Crippen LogP contribution in [0.25, 0.3) is 0 Å². The molecule has 4 rings (SSSR count). The predicted molar refractivity (Wildman–Crippen MR) is 89.8 cm³/mol. The lowest BCUT2D eigenvalue weighted by atomic mass is 10.2. The summed E-state index contributed by atoms with van der Waals surface area (Å²) in [6.45, 7) is 5.08. The van der Waals surface area contributed by atoms with E-state index in [1.54, 1.807) is 0 Å². The molecule has 6 heteroatoms. The Hall–Kier alpha value is -0.240. The smallest absolute Gasteiger partial charge is 0.168 e. The SMILES string of the molecule is C1CCC2(C1)OC[C@@H](CNCCNC[C@H]1COC3(CCCC3)O1)O2. The first-order valence-corrected chi connectivity index (χ1v) is 9.83. The third-order valence-corrected chi connectivity index (χ3v) is 5.78. The second-order valence-electron chi connectivity index (χ2n) is 7.75. The van der Waals surface area contributed by atoms with Gasteiger partial charge in [-0.15, -0.1) is 0 Å². The maximum Gasteiger partial charge on any atom is 0.168 e. The van der Waals surface area contributed by atoms with Gasteiger partial charge in [0.25, 0.3) is 0 Å². The van der Waals surface area contributed by atoms with E-state index in [9.17, 15) is 0 Å². The van der Waals surface area contributed by atoms with Crippen molar-refractivity contribution in [3.63, 3.8) is 0 Å². The number of ether oxygens (including phenoxy) is 4. The van der Waals surface area contributed by atoms with E-state index in [2.05, 4.69) is 10.6 Å². The Labute approximate surface area is 144 Å². The molecule has 24 heavy (non-hydrogen) atoms. The van der Waals surface area contributed by atoms with Crippen molar-refractivity contribution in [1.29, 1.82) is 0 Å². The zero-order valence-corrected chi connectivity index (χ0v) is 14.7. The lowest BCUT2D eigenvalue weighted by Crippen LogP contribution is -2.38. The molecule has 6 nitrogen and oxygen atoms in total. The van der Waals surface area contributed by atoms with Crippen LogP contribution in [0.1, 0.15) is 51.4 Å². The van der Waals surface area contributed by atoms with Gasteiger partial charge in [-0.1, -0.05) is 0 Å². The highest BCUT2D eigenvalue weighted by Gasteiger charge is 2.44. The third kappa shape index (κ3) is 3.94. The van der Waals surface area contributed by atoms with Crippen LogP contribution in [0.3, 0.4) is 0 Å². The Morgan fingerprint density at radius 2 is 1.08 bits per heavy atom. The maximum atomic E-state index is 6.11. The van der Waals surface area contributed by atoms with Crippen molar-refractivity contribution >= 4 is 0 Å². The zero-order chi connectivity index (χ0) is 16.3. The summed E-state index contributed by atoms with van der Waals surface area (Å²) in [5, 5.41) is 6.94. The van der Waals surface area contributed by atoms with Gasteiger partial charge in [0.2, 0.25) is 0 Å². The Bertz CT molecular complexity index is 370. The maximum absolute atomic E-state index is 6.11. The molecular weight excluding hydrogens is 308 g/mol. The Morgan fingerprint density at radius 3 is 1.50 bits per heavy atom. The van der Waals surface area contributed by atoms with E-state index in [0.29, 0.717) is 0 Å². The van der Waals surface area contributed by atoms with Crippen LogP contribution in [0, 0.1) is 0 Å². The minimum Gasteiger partial charge on any atom is -0.347 e. The summed E-state index contributed by atoms with van der Waals surface area (Å²) in [7, 11) is 0. The summed E-state index contributed by atoms with van der Waals surface area (Å²) in [5.41, 5.74) is 0. The minimum absolute atomic E-state index is 0.205. The molecule has 0 amide bonds. The van der Waals surface area contributed by atoms with Crippen LogP contribution < -0.4 is 10.6 Å². The summed E-state index contributed by atoms with van der Waals surface area (Å²) in [5.74, 6) is -0.471. The molecular formula is C18H32N2O4. The van der Waals surface area contributed by atoms with Crippen molar-refractivity contribution in [3.05, 3.63) is 0 Å². The second kappa shape index (κ2) is 7.56. The first-order chi connectivity index (χ1) is 11.8. The molecule has 138 valence electrons. The van der Waals surface area contributed by atoms with Gasteiger partial charge in [-0.05, 0) is 25.7 Å². The van der Waals surface area contributed by atoms with E-state index >= 15 is 0 Å². The van der Waals surface area contributed by atoms with Gasteiger partial charge in [-0.3, -0.25) is 0 Å². The van der Waals surface area contributed by atoms with Crippen molar-refractivity contribution in [3.8, 4) is 0 Å². The highest BCUT2D eigenvalue weighted by molar-refractivity contribution is 4.85. The lowest BCUT2D eigenvalue weighted by molar-refractivity contribution is -0.161. The van der Waals surface area contributed by atoms with E-state index in [0.717, 1.165) is 65.1 Å². The fourth-order valence-corrected chi connectivity index (χ4v) is 4.49. The number of hydrogen-bond donors (Lipinski definition) is 2. The van der Waals surface area contributed by atoms with Crippen LogP contribution in [0.4, 0.5) is 0 Å². The molecule has 0 unspecified atom stereocenters. The van der Waals surface area contributed by atoms with Crippen molar-refractivity contribution in [2.45, 2.75) is 75.1 Å². The molecule has 0 aromatic heterocycles. The van der Waals surface area contributed by atoms with Crippen LogP contribution in [-0.4, -0.2) is 63.2 Å². The van der Waals surface area contributed by atoms with E-state index in [1.807, 2.05) is 0 Å². The first-order valence-electron chi connectivity index (χ1n) is 9.83. The van der Waals surface area contributed by atoms with E-state index in [4.69, 9.17) is 18.9 Å². The monoisotopic (exact) mass is 340 g/mol. The molecule has 4 aliphatic rings. The quantitative estimate of drug-likeness (QED) is 0.686. The van der Waals surface area contributed by atoms with Crippen LogP contribution >= 0.6 is 0 Å². The highest BCUT2D eigenvalue weighted by atomic mass is 16.7. The highest BCUT2D eigenvalue weighted by Crippen LogP contribution is 2.39. The molecule has 2 N–H and O–H groups in total. The van der Waals surface area contributed by atoms with Crippen LogP contribution in [0.15, 0.2) is 0 Å². The van der Waals surface area contributed by atoms with Gasteiger partial charge in [-0.25, -0.2) is 0 Å². The fraction of sp³-hybridized carbons (Fsp3) is 1.00. The van der Waals surface area contributed by atoms with Crippen LogP contribution in [-0.2, 0) is 18.9 Å². The molecule has 2 heterocycles. The Morgan fingerprint density at radius 1 is 0.667 bits per heavy atom. The second-order valence-corrected chi connectivity index (χ2v) is 7.75. The third-order valence-electron chi connectivity index (χ3n) is 5.78. The van der Waals surface area contributed by atoms with Crippen molar-refractivity contribution in [2.75, 3.05) is 39.4 Å². The number of nitrogens with one attached hydrogen (secondary N) is 2. The minimum atomic E-state index is -0.236. The van der Waals surface area contributed by atoms with Crippen molar-refractivity contribution < 1.29 is 18.9 Å². The Balaban J connectivity index is 1.04. The first kappa shape index (κ1) is 17.2. The van der Waals surface area contributed by atoms with Gasteiger partial charge in [0, 0.05) is 51.9 Å². The topological polar surface area (TPSA) is 61.0 Å². The van der Waals surface area contributed by atoms with E-state index < -0.39 is 0 Å².